The number of hydrogen-bond acceptors (Lipinski definition) is 5. The van der Waals surface area contributed by atoms with Gasteiger partial charge in [0.15, 0.2) is 0 Å². The molecule has 22 heavy (non-hydrogen) atoms. The topological polar surface area (TPSA) is 108 Å². The van der Waals surface area contributed by atoms with Crippen molar-refractivity contribution in [3.8, 4) is 6.07 Å². The third-order valence-electron chi connectivity index (χ3n) is 2.76. The van der Waals surface area contributed by atoms with E-state index in [2.05, 4.69) is 10.5 Å². The summed E-state index contributed by atoms with van der Waals surface area (Å²) in [6.45, 7) is 0. The molecule has 0 saturated carbocycles. The van der Waals surface area contributed by atoms with Gasteiger partial charge in [0.25, 0.3) is 11.6 Å². The van der Waals surface area contributed by atoms with Gasteiger partial charge in [-0.05, 0) is 29.8 Å². The summed E-state index contributed by atoms with van der Waals surface area (Å²) in [6.07, 6.45) is 1.43. The van der Waals surface area contributed by atoms with Crippen LogP contribution in [0.2, 0.25) is 0 Å². The molecule has 2 aromatic carbocycles. The number of nitro groups is 1. The van der Waals surface area contributed by atoms with E-state index in [1.165, 1.54) is 30.5 Å². The number of non-ortho nitro benzene ring substituents is 1. The Bertz CT molecular complexity index is 759. The van der Waals surface area contributed by atoms with Crippen LogP contribution in [0.1, 0.15) is 21.5 Å². The first kappa shape index (κ1) is 14.9. The third-order valence-corrected chi connectivity index (χ3v) is 2.76. The molecule has 0 aliphatic heterocycles. The lowest BCUT2D eigenvalue weighted by atomic mass is 10.2. The zero-order chi connectivity index (χ0) is 15.9. The highest BCUT2D eigenvalue weighted by molar-refractivity contribution is 5.95. The Balaban J connectivity index is 1.98. The number of nitro benzene ring substituents is 1. The number of rotatable bonds is 4. The van der Waals surface area contributed by atoms with Gasteiger partial charge in [-0.1, -0.05) is 12.1 Å². The normalized spacial score (nSPS) is 10.1. The Morgan fingerprint density at radius 3 is 2.36 bits per heavy atom. The van der Waals surface area contributed by atoms with Crippen molar-refractivity contribution in [1.29, 1.82) is 5.26 Å². The maximum absolute atomic E-state index is 11.8. The van der Waals surface area contributed by atoms with Gasteiger partial charge in [0, 0.05) is 17.7 Å². The Morgan fingerprint density at radius 1 is 1.18 bits per heavy atom. The molecule has 7 nitrogen and oxygen atoms in total. The first-order valence-corrected chi connectivity index (χ1v) is 6.18. The van der Waals surface area contributed by atoms with Gasteiger partial charge in [-0.2, -0.15) is 10.4 Å². The SMILES string of the molecule is N#Cc1ccc(/C=N/NC(=O)c2ccc([N+](=O)[O-])cc2)cc1. The minimum Gasteiger partial charge on any atom is -0.267 e. The molecule has 0 unspecified atom stereocenters. The lowest BCUT2D eigenvalue weighted by molar-refractivity contribution is -0.384. The fourth-order valence-electron chi connectivity index (χ4n) is 1.61. The van der Waals surface area contributed by atoms with Crippen molar-refractivity contribution in [2.24, 2.45) is 5.10 Å². The molecule has 0 bridgehead atoms. The fraction of sp³-hybridized carbons (Fsp3) is 0. The summed E-state index contributed by atoms with van der Waals surface area (Å²) in [5.74, 6) is -0.472. The van der Waals surface area contributed by atoms with E-state index in [1.807, 2.05) is 6.07 Å². The van der Waals surface area contributed by atoms with Crippen molar-refractivity contribution in [3.63, 3.8) is 0 Å². The van der Waals surface area contributed by atoms with Crippen molar-refractivity contribution in [1.82, 2.24) is 5.43 Å². The first-order valence-electron chi connectivity index (χ1n) is 6.18. The van der Waals surface area contributed by atoms with Crippen LogP contribution in [-0.4, -0.2) is 17.0 Å². The summed E-state index contributed by atoms with van der Waals surface area (Å²) < 4.78 is 0. The van der Waals surface area contributed by atoms with Crippen LogP contribution in [0, 0.1) is 21.4 Å². The summed E-state index contributed by atoms with van der Waals surface area (Å²) in [5.41, 5.74) is 3.76. The van der Waals surface area contributed by atoms with Crippen LogP contribution in [0.15, 0.2) is 53.6 Å². The summed E-state index contributed by atoms with van der Waals surface area (Å²) in [7, 11) is 0. The van der Waals surface area contributed by atoms with Crippen molar-refractivity contribution in [2.75, 3.05) is 0 Å². The molecule has 108 valence electrons. The minimum absolute atomic E-state index is 0.0855. The Hall–Kier alpha value is -3.53. The quantitative estimate of drug-likeness (QED) is 0.529. The van der Waals surface area contributed by atoms with Gasteiger partial charge >= 0.3 is 0 Å². The summed E-state index contributed by atoms with van der Waals surface area (Å²) in [5, 5.41) is 23.0. The molecule has 0 radical (unpaired) electrons. The lowest BCUT2D eigenvalue weighted by Gasteiger charge is -1.99. The molecule has 0 heterocycles. The second-order valence-electron chi connectivity index (χ2n) is 4.24. The van der Waals surface area contributed by atoms with Crippen molar-refractivity contribution < 1.29 is 9.72 Å². The predicted molar refractivity (Wildman–Crippen MR) is 79.3 cm³/mol. The average Bonchev–Trinajstić information content (AvgIpc) is 2.55. The summed E-state index contributed by atoms with van der Waals surface area (Å²) in [4.78, 5) is 21.8. The zero-order valence-electron chi connectivity index (χ0n) is 11.3. The van der Waals surface area contributed by atoms with Crippen molar-refractivity contribution >= 4 is 17.8 Å². The molecular weight excluding hydrogens is 284 g/mol. The number of hydrogen-bond donors (Lipinski definition) is 1. The number of hydrazone groups is 1. The van der Waals surface area contributed by atoms with Gasteiger partial charge in [-0.15, -0.1) is 0 Å². The van der Waals surface area contributed by atoms with Crippen LogP contribution in [0.3, 0.4) is 0 Å². The van der Waals surface area contributed by atoms with Crippen LogP contribution < -0.4 is 5.43 Å². The van der Waals surface area contributed by atoms with E-state index >= 15 is 0 Å². The lowest BCUT2D eigenvalue weighted by Crippen LogP contribution is -2.17. The second kappa shape index (κ2) is 6.76. The zero-order valence-corrected chi connectivity index (χ0v) is 11.3. The van der Waals surface area contributed by atoms with Crippen LogP contribution in [0.25, 0.3) is 0 Å². The van der Waals surface area contributed by atoms with E-state index in [0.717, 1.165) is 5.56 Å². The van der Waals surface area contributed by atoms with Gasteiger partial charge in [-0.3, -0.25) is 14.9 Å². The van der Waals surface area contributed by atoms with Crippen molar-refractivity contribution in [2.45, 2.75) is 0 Å². The van der Waals surface area contributed by atoms with Gasteiger partial charge in [-0.25, -0.2) is 5.43 Å². The second-order valence-corrected chi connectivity index (χ2v) is 4.24. The molecule has 2 aromatic rings. The molecule has 2 rings (SSSR count). The molecule has 1 N–H and O–H groups in total. The summed E-state index contributed by atoms with van der Waals surface area (Å²) >= 11 is 0. The predicted octanol–water partition coefficient (Wildman–Crippen LogP) is 2.23. The number of carbonyl (C=O) groups excluding carboxylic acids is 1. The number of nitriles is 1. The highest BCUT2D eigenvalue weighted by atomic mass is 16.6. The van der Waals surface area contributed by atoms with Gasteiger partial charge in [0.2, 0.25) is 0 Å². The molecule has 1 amide bonds. The third kappa shape index (κ3) is 3.74. The summed E-state index contributed by atoms with van der Waals surface area (Å²) in [6, 6.07) is 13.9. The van der Waals surface area contributed by atoms with Gasteiger partial charge < -0.3 is 0 Å². The molecule has 0 aliphatic carbocycles. The number of benzene rings is 2. The number of nitrogens with zero attached hydrogens (tertiary/aromatic N) is 3. The van der Waals surface area contributed by atoms with Crippen LogP contribution in [0.4, 0.5) is 5.69 Å². The number of carbonyl (C=O) groups is 1. The minimum atomic E-state index is -0.537. The first-order chi connectivity index (χ1) is 10.6. The Kier molecular flexibility index (Phi) is 4.57. The van der Waals surface area contributed by atoms with E-state index in [4.69, 9.17) is 5.26 Å². The standard InChI is InChI=1S/C15H10N4O3/c16-9-11-1-3-12(4-2-11)10-17-18-15(20)13-5-7-14(8-6-13)19(21)22/h1-8,10H,(H,18,20)/b17-10+. The fourth-order valence-corrected chi connectivity index (χ4v) is 1.61. The monoisotopic (exact) mass is 294 g/mol. The van der Waals surface area contributed by atoms with Crippen LogP contribution >= 0.6 is 0 Å². The Morgan fingerprint density at radius 2 is 1.82 bits per heavy atom. The van der Waals surface area contributed by atoms with Crippen LogP contribution in [-0.2, 0) is 0 Å². The maximum atomic E-state index is 11.8. The van der Waals surface area contributed by atoms with E-state index in [1.54, 1.807) is 24.3 Å². The Labute approximate surface area is 125 Å². The number of amides is 1. The van der Waals surface area contributed by atoms with E-state index in [-0.39, 0.29) is 11.3 Å². The molecule has 0 aliphatic rings. The van der Waals surface area contributed by atoms with E-state index < -0.39 is 10.8 Å². The molecular formula is C15H10N4O3. The largest absolute Gasteiger partial charge is 0.271 e. The average molecular weight is 294 g/mol. The smallest absolute Gasteiger partial charge is 0.267 e. The molecule has 7 heteroatoms. The molecule has 0 aromatic heterocycles. The van der Waals surface area contributed by atoms with E-state index in [9.17, 15) is 14.9 Å². The van der Waals surface area contributed by atoms with Gasteiger partial charge in [0.1, 0.15) is 0 Å². The number of nitrogens with one attached hydrogen (secondary N) is 1. The van der Waals surface area contributed by atoms with Crippen LogP contribution in [0.5, 0.6) is 0 Å². The maximum Gasteiger partial charge on any atom is 0.271 e. The van der Waals surface area contributed by atoms with Gasteiger partial charge in [0.05, 0.1) is 22.8 Å². The van der Waals surface area contributed by atoms with E-state index in [0.29, 0.717) is 5.56 Å². The highest BCUT2D eigenvalue weighted by Crippen LogP contribution is 2.11. The molecule has 0 fully saturated rings. The van der Waals surface area contributed by atoms with Crippen molar-refractivity contribution in [3.05, 3.63) is 75.3 Å². The molecule has 0 saturated heterocycles. The molecule has 0 spiro atoms. The molecule has 0 atom stereocenters. The highest BCUT2D eigenvalue weighted by Gasteiger charge is 2.08.